The van der Waals surface area contributed by atoms with Crippen molar-refractivity contribution in [2.24, 2.45) is 0 Å². The highest BCUT2D eigenvalue weighted by atomic mass is 79.9. The Bertz CT molecular complexity index is 1050. The van der Waals surface area contributed by atoms with E-state index in [4.69, 9.17) is 4.74 Å². The zero-order valence-electron chi connectivity index (χ0n) is 16.6. The topological polar surface area (TPSA) is 43.7 Å². The molecule has 2 heterocycles. The number of likely N-dealkylation sites (N-methyl/N-ethyl adjacent to an activating group) is 1. The number of alkyl halides is 2. The van der Waals surface area contributed by atoms with Crippen LogP contribution in [0.1, 0.15) is 12.0 Å². The van der Waals surface area contributed by atoms with E-state index in [-0.39, 0.29) is 5.56 Å². The fraction of sp³-hybridized carbons (Fsp3) is 0.333. The van der Waals surface area contributed by atoms with Crippen LogP contribution in [0.25, 0.3) is 10.9 Å². The number of piperazine rings is 1. The fourth-order valence-electron chi connectivity index (χ4n) is 3.69. The lowest BCUT2D eigenvalue weighted by Gasteiger charge is -2.34. The summed E-state index contributed by atoms with van der Waals surface area (Å²) >= 11 is 1.69. The summed E-state index contributed by atoms with van der Waals surface area (Å²) in [5.74, 6) is 0.702. The Kier molecular flexibility index (Phi) is 6.24. The first-order valence-electron chi connectivity index (χ1n) is 9.51. The molecule has 3 aromatic rings. The van der Waals surface area contributed by atoms with Crippen molar-refractivity contribution in [1.29, 1.82) is 0 Å². The van der Waals surface area contributed by atoms with Gasteiger partial charge in [0.2, 0.25) is 0 Å². The Morgan fingerprint density at radius 1 is 1.10 bits per heavy atom. The van der Waals surface area contributed by atoms with Crippen LogP contribution in [0.15, 0.2) is 52.0 Å². The van der Waals surface area contributed by atoms with E-state index < -0.39 is 17.8 Å². The molecule has 0 saturated carbocycles. The SMILES string of the molecule is COc1ccc([S+]([O-])n2cc(C(F)F)c3ccc(Br)cc32)cc1N1CCN(C)CC1. The number of anilines is 1. The summed E-state index contributed by atoms with van der Waals surface area (Å²) in [7, 11) is 3.69. The number of ether oxygens (including phenoxy) is 1. The Morgan fingerprint density at radius 3 is 2.50 bits per heavy atom. The third-order valence-electron chi connectivity index (χ3n) is 5.37. The van der Waals surface area contributed by atoms with Gasteiger partial charge >= 0.3 is 0 Å². The number of halogens is 3. The lowest BCUT2D eigenvalue weighted by Crippen LogP contribution is -2.44. The second-order valence-corrected chi connectivity index (χ2v) is 9.52. The van der Waals surface area contributed by atoms with Crippen LogP contribution in [0.3, 0.4) is 0 Å². The van der Waals surface area contributed by atoms with Gasteiger partial charge in [0.1, 0.15) is 17.1 Å². The molecule has 0 bridgehead atoms. The first-order chi connectivity index (χ1) is 14.4. The third-order valence-corrected chi connectivity index (χ3v) is 7.18. The largest absolute Gasteiger partial charge is 0.587 e. The zero-order valence-corrected chi connectivity index (χ0v) is 19.1. The van der Waals surface area contributed by atoms with E-state index >= 15 is 0 Å². The van der Waals surface area contributed by atoms with Crippen molar-refractivity contribution in [2.45, 2.75) is 11.3 Å². The van der Waals surface area contributed by atoms with Crippen molar-refractivity contribution < 1.29 is 18.1 Å². The van der Waals surface area contributed by atoms with E-state index in [2.05, 4.69) is 32.8 Å². The molecular formula is C21H22BrF2N3O2S. The third kappa shape index (κ3) is 4.03. The number of aromatic nitrogens is 1. The molecule has 160 valence electrons. The van der Waals surface area contributed by atoms with Gasteiger partial charge in [0.05, 0.1) is 24.5 Å². The summed E-state index contributed by atoms with van der Waals surface area (Å²) in [5, 5.41) is 0.398. The monoisotopic (exact) mass is 497 g/mol. The maximum absolute atomic E-state index is 13.6. The predicted molar refractivity (Wildman–Crippen MR) is 119 cm³/mol. The molecule has 1 atom stereocenters. The van der Waals surface area contributed by atoms with Gasteiger partial charge in [-0.1, -0.05) is 22.0 Å². The molecule has 30 heavy (non-hydrogen) atoms. The molecule has 1 fully saturated rings. The van der Waals surface area contributed by atoms with Crippen molar-refractivity contribution in [3.63, 3.8) is 0 Å². The van der Waals surface area contributed by atoms with Crippen LogP contribution in [-0.2, 0) is 11.4 Å². The van der Waals surface area contributed by atoms with E-state index in [9.17, 15) is 13.3 Å². The second-order valence-electron chi connectivity index (χ2n) is 7.25. The van der Waals surface area contributed by atoms with E-state index in [1.54, 1.807) is 37.4 Å². The van der Waals surface area contributed by atoms with Crippen molar-refractivity contribution in [1.82, 2.24) is 8.87 Å². The highest BCUT2D eigenvalue weighted by molar-refractivity contribution is 9.10. The zero-order chi connectivity index (χ0) is 21.4. The number of fused-ring (bicyclic) bond motifs is 1. The molecule has 0 spiro atoms. The maximum Gasteiger partial charge on any atom is 0.266 e. The highest BCUT2D eigenvalue weighted by Gasteiger charge is 2.26. The van der Waals surface area contributed by atoms with Gasteiger partial charge in [0.15, 0.2) is 4.90 Å². The van der Waals surface area contributed by atoms with Gasteiger partial charge in [-0.05, 0) is 31.3 Å². The van der Waals surface area contributed by atoms with Crippen LogP contribution < -0.4 is 9.64 Å². The smallest absolute Gasteiger partial charge is 0.266 e. The summed E-state index contributed by atoms with van der Waals surface area (Å²) in [6.07, 6.45) is -1.36. The Morgan fingerprint density at radius 2 is 1.83 bits per heavy atom. The molecule has 0 N–H and O–H groups in total. The quantitative estimate of drug-likeness (QED) is 0.480. The minimum absolute atomic E-state index is 0.126. The van der Waals surface area contributed by atoms with Gasteiger partial charge in [-0.25, -0.2) is 8.78 Å². The summed E-state index contributed by atoms with van der Waals surface area (Å²) in [5.41, 5.74) is 1.23. The maximum atomic E-state index is 13.6. The van der Waals surface area contributed by atoms with Gasteiger partial charge in [0, 0.05) is 47.7 Å². The van der Waals surface area contributed by atoms with E-state index in [0.29, 0.717) is 21.5 Å². The van der Waals surface area contributed by atoms with Crippen LogP contribution in [0.5, 0.6) is 5.75 Å². The second kappa shape index (κ2) is 8.74. The molecule has 0 radical (unpaired) electrons. The molecule has 4 rings (SSSR count). The predicted octanol–water partition coefficient (Wildman–Crippen LogP) is 4.67. The Hall–Kier alpha value is -1.81. The van der Waals surface area contributed by atoms with Crippen LogP contribution >= 0.6 is 15.9 Å². The summed E-state index contributed by atoms with van der Waals surface area (Å²) in [4.78, 5) is 4.98. The van der Waals surface area contributed by atoms with Gasteiger partial charge in [0.25, 0.3) is 6.43 Å². The van der Waals surface area contributed by atoms with Crippen molar-refractivity contribution in [3.8, 4) is 5.75 Å². The van der Waals surface area contributed by atoms with Crippen LogP contribution in [-0.4, -0.2) is 53.8 Å². The van der Waals surface area contributed by atoms with E-state index in [1.165, 1.54) is 10.2 Å². The van der Waals surface area contributed by atoms with Crippen LogP contribution in [0.2, 0.25) is 0 Å². The summed E-state index contributed by atoms with van der Waals surface area (Å²) < 4.78 is 48.2. The molecule has 1 saturated heterocycles. The molecule has 1 aliphatic rings. The van der Waals surface area contributed by atoms with Gasteiger partial charge in [-0.3, -0.25) is 0 Å². The number of hydrogen-bond donors (Lipinski definition) is 0. The Balaban J connectivity index is 1.76. The molecule has 1 aliphatic heterocycles. The fourth-order valence-corrected chi connectivity index (χ4v) is 5.21. The number of methoxy groups -OCH3 is 1. The molecule has 0 amide bonds. The average molecular weight is 498 g/mol. The van der Waals surface area contributed by atoms with Crippen molar-refractivity contribution in [2.75, 3.05) is 45.2 Å². The first-order valence-corrected chi connectivity index (χ1v) is 11.4. The van der Waals surface area contributed by atoms with Gasteiger partial charge in [-0.15, -0.1) is 0 Å². The van der Waals surface area contributed by atoms with E-state index in [1.807, 2.05) is 6.07 Å². The van der Waals surface area contributed by atoms with Gasteiger partial charge in [-0.2, -0.15) is 3.97 Å². The molecule has 9 heteroatoms. The number of rotatable bonds is 5. The number of nitrogens with zero attached hydrogens (tertiary/aromatic N) is 3. The number of hydrogen-bond acceptors (Lipinski definition) is 4. The summed E-state index contributed by atoms with van der Waals surface area (Å²) in [6, 6.07) is 10.4. The Labute approximate surface area is 185 Å². The molecule has 0 aliphatic carbocycles. The number of benzene rings is 2. The van der Waals surface area contributed by atoms with Crippen molar-refractivity contribution >= 4 is 43.9 Å². The molecule has 1 aromatic heterocycles. The minimum atomic E-state index is -2.65. The molecule has 2 aromatic carbocycles. The normalized spacial score (nSPS) is 16.4. The molecule has 1 unspecified atom stereocenters. The highest BCUT2D eigenvalue weighted by Crippen LogP contribution is 2.36. The minimum Gasteiger partial charge on any atom is -0.587 e. The summed E-state index contributed by atoms with van der Waals surface area (Å²) in [6.45, 7) is 3.50. The first kappa shape index (κ1) is 21.4. The average Bonchev–Trinajstić information content (AvgIpc) is 3.12. The lowest BCUT2D eigenvalue weighted by atomic mass is 10.2. The van der Waals surface area contributed by atoms with E-state index in [0.717, 1.165) is 36.3 Å². The van der Waals surface area contributed by atoms with Gasteiger partial charge < -0.3 is 19.1 Å². The molecule has 5 nitrogen and oxygen atoms in total. The standard InChI is InChI=1S/C21H22BrF2N3O2S/c1-25-7-9-26(10-8-25)19-12-15(4-6-20(19)29-2)30(28)27-13-17(21(23)24)16-5-3-14(22)11-18(16)27/h3-6,11-13,21H,7-10H2,1-2H3. The molecular weight excluding hydrogens is 476 g/mol. The van der Waals surface area contributed by atoms with Crippen LogP contribution in [0, 0.1) is 0 Å². The van der Waals surface area contributed by atoms with Crippen molar-refractivity contribution in [3.05, 3.63) is 52.6 Å². The lowest BCUT2D eigenvalue weighted by molar-refractivity contribution is 0.153. The van der Waals surface area contributed by atoms with Crippen LogP contribution in [0.4, 0.5) is 14.5 Å².